The Morgan fingerprint density at radius 3 is 2.00 bits per heavy atom. The summed E-state index contributed by atoms with van der Waals surface area (Å²) in [6, 6.07) is 0. The zero-order chi connectivity index (χ0) is 16.6. The summed E-state index contributed by atoms with van der Waals surface area (Å²) in [5.74, 6) is -1.56. The number of aliphatic carboxylic acids is 1. The second-order valence-corrected chi connectivity index (χ2v) is 5.11. The van der Waals surface area contributed by atoms with Gasteiger partial charge in [0.25, 0.3) is 0 Å². The first-order valence-corrected chi connectivity index (χ1v) is 6.47. The molecule has 2 rings (SSSR count). The SMILES string of the molecule is O=C(O)[C@H]1O[C@@H](OC[C@@H]2O[C@H](O)[C@H](O)[C@H]2O)[C@H](O)[C@@H](O)[C@@H]1O. The molecule has 7 N–H and O–H groups in total. The van der Waals surface area contributed by atoms with E-state index < -0.39 is 67.9 Å². The minimum atomic E-state index is -1.84. The van der Waals surface area contributed by atoms with E-state index in [1.54, 1.807) is 0 Å². The fourth-order valence-electron chi connectivity index (χ4n) is 2.25. The quantitative estimate of drug-likeness (QED) is 0.263. The molecule has 0 aromatic carbocycles. The highest BCUT2D eigenvalue weighted by atomic mass is 16.7. The molecule has 0 radical (unpaired) electrons. The van der Waals surface area contributed by atoms with E-state index in [1.165, 1.54) is 0 Å². The number of aliphatic hydroxyl groups excluding tert-OH is 6. The van der Waals surface area contributed by atoms with Crippen molar-refractivity contribution in [1.82, 2.24) is 0 Å². The fraction of sp³-hybridized carbons (Fsp3) is 0.909. The first kappa shape index (κ1) is 17.5. The minimum Gasteiger partial charge on any atom is -0.479 e. The molecule has 0 saturated carbocycles. The third-order valence-corrected chi connectivity index (χ3v) is 3.57. The maximum atomic E-state index is 10.9. The van der Waals surface area contributed by atoms with Gasteiger partial charge in [0.15, 0.2) is 18.7 Å². The van der Waals surface area contributed by atoms with Crippen LogP contribution in [0.15, 0.2) is 0 Å². The van der Waals surface area contributed by atoms with Gasteiger partial charge in [0.2, 0.25) is 0 Å². The first-order valence-electron chi connectivity index (χ1n) is 6.47. The maximum absolute atomic E-state index is 10.9. The van der Waals surface area contributed by atoms with E-state index in [4.69, 9.17) is 19.3 Å². The summed E-state index contributed by atoms with van der Waals surface area (Å²) in [4.78, 5) is 10.9. The van der Waals surface area contributed by atoms with Gasteiger partial charge in [0, 0.05) is 0 Å². The number of hydrogen-bond donors (Lipinski definition) is 7. The molecule has 0 aliphatic carbocycles. The van der Waals surface area contributed by atoms with Gasteiger partial charge in [-0.1, -0.05) is 0 Å². The molecule has 2 fully saturated rings. The highest BCUT2D eigenvalue weighted by molar-refractivity contribution is 5.73. The summed E-state index contributed by atoms with van der Waals surface area (Å²) in [7, 11) is 0. The fourth-order valence-corrected chi connectivity index (χ4v) is 2.25. The van der Waals surface area contributed by atoms with Crippen molar-refractivity contribution in [1.29, 1.82) is 0 Å². The van der Waals surface area contributed by atoms with Crippen molar-refractivity contribution in [3.63, 3.8) is 0 Å². The van der Waals surface area contributed by atoms with E-state index in [0.717, 1.165) is 0 Å². The lowest BCUT2D eigenvalue weighted by Crippen LogP contribution is -2.60. The van der Waals surface area contributed by atoms with Crippen LogP contribution >= 0.6 is 0 Å². The van der Waals surface area contributed by atoms with E-state index in [1.807, 2.05) is 0 Å². The average Bonchev–Trinajstić information content (AvgIpc) is 2.71. The first-order chi connectivity index (χ1) is 10.2. The van der Waals surface area contributed by atoms with Crippen LogP contribution in [0.4, 0.5) is 0 Å². The van der Waals surface area contributed by atoms with Gasteiger partial charge in [0.05, 0.1) is 6.61 Å². The summed E-state index contributed by atoms with van der Waals surface area (Å²) >= 11 is 0. The third kappa shape index (κ3) is 3.22. The van der Waals surface area contributed by atoms with E-state index in [9.17, 15) is 35.4 Å². The number of carboxylic acids is 1. The van der Waals surface area contributed by atoms with Crippen LogP contribution in [-0.4, -0.2) is 104 Å². The average molecular weight is 326 g/mol. The third-order valence-electron chi connectivity index (χ3n) is 3.57. The molecule has 2 aliphatic rings. The molecule has 2 aliphatic heterocycles. The van der Waals surface area contributed by atoms with Crippen molar-refractivity contribution in [2.45, 2.75) is 55.3 Å². The van der Waals surface area contributed by atoms with Crippen molar-refractivity contribution < 1.29 is 54.8 Å². The Labute approximate surface area is 123 Å². The molecule has 128 valence electrons. The lowest BCUT2D eigenvalue weighted by atomic mass is 9.99. The zero-order valence-electron chi connectivity index (χ0n) is 11.2. The lowest BCUT2D eigenvalue weighted by molar-refractivity contribution is -0.300. The highest BCUT2D eigenvalue weighted by Gasteiger charge is 2.48. The van der Waals surface area contributed by atoms with E-state index in [0.29, 0.717) is 0 Å². The van der Waals surface area contributed by atoms with Crippen LogP contribution in [0.1, 0.15) is 0 Å². The Morgan fingerprint density at radius 1 is 0.864 bits per heavy atom. The Morgan fingerprint density at radius 2 is 1.50 bits per heavy atom. The monoisotopic (exact) mass is 326 g/mol. The van der Waals surface area contributed by atoms with E-state index in [-0.39, 0.29) is 0 Å². The van der Waals surface area contributed by atoms with Gasteiger partial charge in [-0.3, -0.25) is 0 Å². The van der Waals surface area contributed by atoms with Crippen LogP contribution in [-0.2, 0) is 19.0 Å². The smallest absolute Gasteiger partial charge is 0.335 e. The Kier molecular flexibility index (Phi) is 5.32. The molecule has 0 aromatic heterocycles. The van der Waals surface area contributed by atoms with Gasteiger partial charge < -0.3 is 50.0 Å². The molecular formula is C11H18O11. The number of carboxylic acid groups (broad SMARTS) is 1. The maximum Gasteiger partial charge on any atom is 0.335 e. The Balaban J connectivity index is 1.95. The number of carbonyl (C=O) groups is 1. The summed E-state index contributed by atoms with van der Waals surface area (Å²) in [5, 5.41) is 65.7. The van der Waals surface area contributed by atoms with Crippen LogP contribution in [0.2, 0.25) is 0 Å². The summed E-state index contributed by atoms with van der Waals surface area (Å²) < 4.78 is 14.7. The van der Waals surface area contributed by atoms with Gasteiger partial charge >= 0.3 is 5.97 Å². The summed E-state index contributed by atoms with van der Waals surface area (Å²) in [5.41, 5.74) is 0. The second-order valence-electron chi connectivity index (χ2n) is 5.11. The topological polar surface area (TPSA) is 186 Å². The minimum absolute atomic E-state index is 0.466. The number of rotatable bonds is 4. The number of ether oxygens (including phenoxy) is 3. The van der Waals surface area contributed by atoms with Crippen LogP contribution in [0.25, 0.3) is 0 Å². The molecule has 0 aromatic rings. The summed E-state index contributed by atoms with van der Waals surface area (Å²) in [6.07, 6.45) is -14.6. The molecule has 0 unspecified atom stereocenters. The normalized spacial score (nSPS) is 49.3. The molecule has 22 heavy (non-hydrogen) atoms. The molecule has 2 heterocycles. The molecule has 11 nitrogen and oxygen atoms in total. The second kappa shape index (κ2) is 6.70. The molecular weight excluding hydrogens is 308 g/mol. The largest absolute Gasteiger partial charge is 0.479 e. The molecule has 0 bridgehead atoms. The predicted octanol–water partition coefficient (Wildman–Crippen LogP) is -4.67. The van der Waals surface area contributed by atoms with Gasteiger partial charge in [-0.25, -0.2) is 4.79 Å². The van der Waals surface area contributed by atoms with Gasteiger partial charge in [0.1, 0.15) is 36.6 Å². The molecule has 2 saturated heterocycles. The predicted molar refractivity (Wildman–Crippen MR) is 63.2 cm³/mol. The van der Waals surface area contributed by atoms with E-state index >= 15 is 0 Å². The standard InChI is InChI=1S/C11H18O11/c12-3-2(21-10(19)6(3)15)1-20-11-7(16)4(13)5(14)8(22-11)9(17)18/h2-8,10-16,19H,1H2,(H,17,18)/t2-,3-,4-,5-,6+,7+,8-,10-,11+/m0/s1. The van der Waals surface area contributed by atoms with Crippen LogP contribution in [0.3, 0.4) is 0 Å². The summed E-state index contributed by atoms with van der Waals surface area (Å²) in [6.45, 7) is -0.466. The molecule has 9 atom stereocenters. The van der Waals surface area contributed by atoms with Crippen molar-refractivity contribution in [3.8, 4) is 0 Å². The van der Waals surface area contributed by atoms with Gasteiger partial charge in [-0.15, -0.1) is 0 Å². The molecule has 0 amide bonds. The highest BCUT2D eigenvalue weighted by Crippen LogP contribution is 2.25. The number of hydrogen-bond acceptors (Lipinski definition) is 10. The van der Waals surface area contributed by atoms with Crippen molar-refractivity contribution in [2.75, 3.05) is 6.61 Å². The van der Waals surface area contributed by atoms with Crippen LogP contribution in [0.5, 0.6) is 0 Å². The Hall–Kier alpha value is -0.890. The zero-order valence-corrected chi connectivity index (χ0v) is 11.2. The van der Waals surface area contributed by atoms with Gasteiger partial charge in [-0.2, -0.15) is 0 Å². The lowest BCUT2D eigenvalue weighted by Gasteiger charge is -2.38. The van der Waals surface area contributed by atoms with Crippen molar-refractivity contribution in [3.05, 3.63) is 0 Å². The number of aliphatic hydroxyl groups is 6. The van der Waals surface area contributed by atoms with E-state index in [2.05, 4.69) is 0 Å². The van der Waals surface area contributed by atoms with Crippen LogP contribution in [0, 0.1) is 0 Å². The van der Waals surface area contributed by atoms with Crippen LogP contribution < -0.4 is 0 Å². The molecule has 11 heteroatoms. The Bertz CT molecular complexity index is 403. The molecule has 0 spiro atoms. The van der Waals surface area contributed by atoms with Crippen molar-refractivity contribution in [2.24, 2.45) is 0 Å². The van der Waals surface area contributed by atoms with Gasteiger partial charge in [-0.05, 0) is 0 Å². The van der Waals surface area contributed by atoms with Crippen molar-refractivity contribution >= 4 is 5.97 Å².